The fourth-order valence-electron chi connectivity index (χ4n) is 6.57. The van der Waals surface area contributed by atoms with Gasteiger partial charge in [0.15, 0.2) is 0 Å². The van der Waals surface area contributed by atoms with Crippen LogP contribution in [0.1, 0.15) is 44.1 Å². The Morgan fingerprint density at radius 1 is 1.13 bits per heavy atom. The van der Waals surface area contributed by atoms with Crippen molar-refractivity contribution in [2.75, 3.05) is 6.54 Å². The molecule has 1 atom stereocenters. The number of carbonyl (C=O) groups excluding carboxylic acids is 2. The minimum atomic E-state index is -0.722. The first-order valence-corrected chi connectivity index (χ1v) is 12.1. The summed E-state index contributed by atoms with van der Waals surface area (Å²) < 4.78 is 1.16. The number of hydrogen-bond acceptors (Lipinski definition) is 4. The molecule has 0 spiro atoms. The number of rotatable bonds is 6. The van der Waals surface area contributed by atoms with Gasteiger partial charge in [0.1, 0.15) is 12.6 Å². The fraction of sp³-hybridized carbons (Fsp3) is 0.542. The molecule has 7 heteroatoms. The Morgan fingerprint density at radius 3 is 2.48 bits per heavy atom. The van der Waals surface area contributed by atoms with E-state index in [0.717, 1.165) is 52.7 Å². The fourth-order valence-corrected chi connectivity index (χ4v) is 7.54. The lowest BCUT2D eigenvalue weighted by atomic mass is 9.53. The van der Waals surface area contributed by atoms with Crippen molar-refractivity contribution in [3.05, 3.63) is 35.2 Å². The topological polar surface area (TPSA) is 94.0 Å². The minimum absolute atomic E-state index is 0.0714. The zero-order chi connectivity index (χ0) is 21.4. The molecule has 162 valence electrons. The second kappa shape index (κ2) is 8.16. The number of hydrogen-bond donors (Lipinski definition) is 3. The van der Waals surface area contributed by atoms with E-state index < -0.39 is 6.04 Å². The lowest BCUT2D eigenvalue weighted by Crippen LogP contribution is -2.63. The predicted molar refractivity (Wildman–Crippen MR) is 121 cm³/mol. The summed E-state index contributed by atoms with van der Waals surface area (Å²) in [5, 5.41) is 20.9. The van der Waals surface area contributed by atoms with Crippen molar-refractivity contribution in [3.8, 4) is 6.07 Å². The molecule has 4 fully saturated rings. The molecule has 0 radical (unpaired) electrons. The van der Waals surface area contributed by atoms with Crippen molar-refractivity contribution in [2.45, 2.75) is 56.5 Å². The summed E-state index contributed by atoms with van der Waals surface area (Å²) >= 11 is 1.64. The van der Waals surface area contributed by atoms with Crippen molar-refractivity contribution < 1.29 is 9.59 Å². The average molecular weight is 437 g/mol. The van der Waals surface area contributed by atoms with Crippen molar-refractivity contribution >= 4 is 33.4 Å². The maximum absolute atomic E-state index is 13.0. The number of urea groups is 1. The number of carbonyl (C=O) groups is 2. The Hall–Kier alpha value is -2.59. The molecule has 1 unspecified atom stereocenters. The van der Waals surface area contributed by atoms with Crippen LogP contribution in [-0.4, -0.2) is 30.1 Å². The Bertz CT molecular complexity index is 1000. The lowest BCUT2D eigenvalue weighted by molar-refractivity contribution is -0.122. The van der Waals surface area contributed by atoms with Gasteiger partial charge < -0.3 is 16.0 Å². The molecule has 4 aliphatic carbocycles. The number of nitriles is 1. The Labute approximate surface area is 186 Å². The van der Waals surface area contributed by atoms with E-state index in [4.69, 9.17) is 5.26 Å². The molecule has 0 saturated heterocycles. The largest absolute Gasteiger partial charge is 0.341 e. The molecular formula is C24H28N4O2S. The van der Waals surface area contributed by atoms with Crippen LogP contribution in [0.3, 0.4) is 0 Å². The monoisotopic (exact) mass is 436 g/mol. The van der Waals surface area contributed by atoms with Crippen molar-refractivity contribution in [2.24, 2.45) is 17.8 Å². The van der Waals surface area contributed by atoms with Gasteiger partial charge in [0.25, 0.3) is 0 Å². The normalized spacial score (nSPS) is 29.3. The van der Waals surface area contributed by atoms with Crippen LogP contribution in [0.4, 0.5) is 4.79 Å². The first kappa shape index (κ1) is 20.3. The molecule has 4 aliphatic rings. The third kappa shape index (κ3) is 4.14. The number of fused-ring (bicyclic) bond motifs is 1. The van der Waals surface area contributed by atoms with Gasteiger partial charge in [-0.2, -0.15) is 5.26 Å². The van der Waals surface area contributed by atoms with Gasteiger partial charge >= 0.3 is 6.03 Å². The van der Waals surface area contributed by atoms with Crippen molar-refractivity contribution in [3.63, 3.8) is 0 Å². The van der Waals surface area contributed by atoms with Crippen LogP contribution >= 0.6 is 11.3 Å². The number of benzene rings is 1. The quantitative estimate of drug-likeness (QED) is 0.603. The highest BCUT2D eigenvalue weighted by molar-refractivity contribution is 7.17. The third-order valence-corrected chi connectivity index (χ3v) is 8.38. The molecular weight excluding hydrogens is 408 g/mol. The second-order valence-electron chi connectivity index (χ2n) is 9.69. The van der Waals surface area contributed by atoms with Gasteiger partial charge in [-0.3, -0.25) is 4.79 Å². The molecule has 3 amide bonds. The molecule has 2 aromatic rings. The molecule has 3 N–H and O–H groups in total. The first-order chi connectivity index (χ1) is 15.0. The highest BCUT2D eigenvalue weighted by Crippen LogP contribution is 2.55. The molecule has 1 aromatic heterocycles. The summed E-state index contributed by atoms with van der Waals surface area (Å²) in [4.78, 5) is 25.8. The van der Waals surface area contributed by atoms with E-state index in [0.29, 0.717) is 6.42 Å². The van der Waals surface area contributed by atoms with Gasteiger partial charge in [-0.05, 0) is 78.7 Å². The van der Waals surface area contributed by atoms with Gasteiger partial charge in [0.05, 0.1) is 6.07 Å². The molecule has 6 rings (SSSR count). The summed E-state index contributed by atoms with van der Waals surface area (Å²) in [6.45, 7) is -0.0714. The standard InChI is InChI=1S/C24H28N4O2S/c25-5-6-26-22(29)20(10-18-14-31-21-4-2-1-3-19(18)21)27-23(30)28-24-11-15-7-16(12-24)9-17(8-15)13-24/h1-4,14-17,20H,6-13H2,(H,26,29)(H2,27,28,30). The first-order valence-electron chi connectivity index (χ1n) is 11.2. The summed E-state index contributed by atoms with van der Waals surface area (Å²) in [5.41, 5.74) is 0.925. The van der Waals surface area contributed by atoms with Crippen LogP contribution in [0.5, 0.6) is 0 Å². The van der Waals surface area contributed by atoms with Gasteiger partial charge in [0.2, 0.25) is 5.91 Å². The minimum Gasteiger partial charge on any atom is -0.341 e. The number of thiophene rings is 1. The third-order valence-electron chi connectivity index (χ3n) is 7.37. The zero-order valence-corrected chi connectivity index (χ0v) is 18.3. The second-order valence-corrected chi connectivity index (χ2v) is 10.6. The van der Waals surface area contributed by atoms with Crippen LogP contribution in [0.2, 0.25) is 0 Å². The number of amides is 3. The van der Waals surface area contributed by atoms with E-state index in [2.05, 4.69) is 22.0 Å². The molecule has 1 aromatic carbocycles. The molecule has 31 heavy (non-hydrogen) atoms. The molecule has 4 bridgehead atoms. The van der Waals surface area contributed by atoms with Crippen molar-refractivity contribution in [1.29, 1.82) is 5.26 Å². The molecule has 4 saturated carbocycles. The van der Waals surface area contributed by atoms with E-state index in [-0.39, 0.29) is 24.0 Å². The predicted octanol–water partition coefficient (Wildman–Crippen LogP) is 3.72. The van der Waals surface area contributed by atoms with Gasteiger partial charge in [-0.25, -0.2) is 4.79 Å². The lowest BCUT2D eigenvalue weighted by Gasteiger charge is -2.56. The van der Waals surface area contributed by atoms with Crippen LogP contribution in [0.25, 0.3) is 10.1 Å². The van der Waals surface area contributed by atoms with Crippen LogP contribution in [0.15, 0.2) is 29.6 Å². The number of nitrogens with one attached hydrogen (secondary N) is 3. The maximum Gasteiger partial charge on any atom is 0.315 e. The summed E-state index contributed by atoms with van der Waals surface area (Å²) in [5.74, 6) is 1.88. The van der Waals surface area contributed by atoms with E-state index in [9.17, 15) is 9.59 Å². The molecule has 0 aliphatic heterocycles. The Balaban J connectivity index is 1.30. The SMILES string of the molecule is N#CCNC(=O)C(Cc1csc2ccccc12)NC(=O)NC12CC3CC(CC(C3)C1)C2. The van der Waals surface area contributed by atoms with Crippen LogP contribution in [0, 0.1) is 29.1 Å². The Morgan fingerprint density at radius 2 is 1.81 bits per heavy atom. The van der Waals surface area contributed by atoms with E-state index in [1.54, 1.807) is 11.3 Å². The Kier molecular flexibility index (Phi) is 5.35. The van der Waals surface area contributed by atoms with Gasteiger partial charge in [0, 0.05) is 16.7 Å². The van der Waals surface area contributed by atoms with E-state index in [1.165, 1.54) is 19.3 Å². The summed E-state index contributed by atoms with van der Waals surface area (Å²) in [6, 6.07) is 9.03. The highest BCUT2D eigenvalue weighted by atomic mass is 32.1. The van der Waals surface area contributed by atoms with E-state index >= 15 is 0 Å². The van der Waals surface area contributed by atoms with E-state index in [1.807, 2.05) is 29.6 Å². The highest BCUT2D eigenvalue weighted by Gasteiger charge is 2.51. The number of nitrogens with zero attached hydrogens (tertiary/aromatic N) is 1. The van der Waals surface area contributed by atoms with Crippen molar-refractivity contribution in [1.82, 2.24) is 16.0 Å². The van der Waals surface area contributed by atoms with Gasteiger partial charge in [-0.15, -0.1) is 11.3 Å². The molecule has 1 heterocycles. The van der Waals surface area contributed by atoms with Crippen LogP contribution in [-0.2, 0) is 11.2 Å². The maximum atomic E-state index is 13.0. The molecule has 6 nitrogen and oxygen atoms in total. The average Bonchev–Trinajstić information content (AvgIpc) is 3.13. The summed E-state index contributed by atoms with van der Waals surface area (Å²) in [7, 11) is 0. The van der Waals surface area contributed by atoms with Crippen LogP contribution < -0.4 is 16.0 Å². The zero-order valence-electron chi connectivity index (χ0n) is 17.5. The summed E-state index contributed by atoms with van der Waals surface area (Å²) in [6.07, 6.45) is 7.52. The van der Waals surface area contributed by atoms with Gasteiger partial charge in [-0.1, -0.05) is 18.2 Å². The smallest absolute Gasteiger partial charge is 0.315 e.